The molecule has 0 heterocycles. The van der Waals surface area contributed by atoms with Crippen LogP contribution in [0, 0.1) is 0 Å². The number of carbonyl (C=O) groups excluding carboxylic acids is 2. The Kier molecular flexibility index (Phi) is 7.74. The summed E-state index contributed by atoms with van der Waals surface area (Å²) in [6.07, 6.45) is 2.35. The van der Waals surface area contributed by atoms with Crippen molar-refractivity contribution in [2.24, 2.45) is 0 Å². The lowest BCUT2D eigenvalue weighted by Gasteiger charge is -2.22. The van der Waals surface area contributed by atoms with Gasteiger partial charge in [0.1, 0.15) is 17.8 Å². The normalized spacial score (nSPS) is 12.0. The van der Waals surface area contributed by atoms with Crippen LogP contribution in [0.1, 0.15) is 35.7 Å². The van der Waals surface area contributed by atoms with Crippen LogP contribution < -0.4 is 9.47 Å². The largest absolute Gasteiger partial charge is 0.494 e. The first-order chi connectivity index (χ1) is 14.1. The lowest BCUT2D eigenvalue weighted by Crippen LogP contribution is -2.37. The summed E-state index contributed by atoms with van der Waals surface area (Å²) in [4.78, 5) is 22.5. The third-order valence-electron chi connectivity index (χ3n) is 4.09. The maximum Gasteiger partial charge on any atom is 0.343 e. The number of rotatable bonds is 10. The molecule has 0 fully saturated rings. The van der Waals surface area contributed by atoms with E-state index in [4.69, 9.17) is 9.47 Å². The van der Waals surface area contributed by atoms with E-state index in [0.29, 0.717) is 17.8 Å². The van der Waals surface area contributed by atoms with Crippen LogP contribution in [0.15, 0.2) is 54.6 Å². The molecule has 0 N–H and O–H groups in total. The molecule has 0 atom stereocenters. The Labute approximate surface area is 171 Å². The summed E-state index contributed by atoms with van der Waals surface area (Å²) < 4.78 is 62.3. The maximum atomic E-state index is 13.2. The van der Waals surface area contributed by atoms with Crippen LogP contribution in [0.25, 0.3) is 6.08 Å². The minimum atomic E-state index is -4.09. The molecule has 0 aliphatic heterocycles. The predicted molar refractivity (Wildman–Crippen MR) is 103 cm³/mol. The van der Waals surface area contributed by atoms with Gasteiger partial charge in [-0.15, -0.1) is 0 Å². The Morgan fingerprint density at radius 2 is 1.57 bits per heavy atom. The molecule has 2 aromatic carbocycles. The van der Waals surface area contributed by atoms with Gasteiger partial charge in [0.2, 0.25) is 0 Å². The fourth-order valence-electron chi connectivity index (χ4n) is 2.35. The van der Waals surface area contributed by atoms with Gasteiger partial charge < -0.3 is 9.47 Å². The number of carbonyl (C=O) groups is 2. The highest BCUT2D eigenvalue weighted by atomic mass is 19.3. The van der Waals surface area contributed by atoms with Crippen molar-refractivity contribution >= 4 is 18.3 Å². The van der Waals surface area contributed by atoms with E-state index in [-0.39, 0.29) is 25.5 Å². The predicted octanol–water partition coefficient (Wildman–Crippen LogP) is 5.57. The average Bonchev–Trinajstić information content (AvgIpc) is 2.70. The van der Waals surface area contributed by atoms with Crippen molar-refractivity contribution in [2.45, 2.75) is 31.6 Å². The second-order valence-electron chi connectivity index (χ2n) is 6.52. The van der Waals surface area contributed by atoms with Crippen LogP contribution in [0.2, 0.25) is 0 Å². The molecule has 0 saturated heterocycles. The first-order valence-electron chi connectivity index (χ1n) is 9.05. The fourth-order valence-corrected chi connectivity index (χ4v) is 2.35. The monoisotopic (exact) mass is 424 g/mol. The highest BCUT2D eigenvalue weighted by molar-refractivity contribution is 5.91. The summed E-state index contributed by atoms with van der Waals surface area (Å²) in [7, 11) is 0. The molecule has 0 unspecified atom stereocenters. The number of hydrogen-bond donors (Lipinski definition) is 0. The van der Waals surface area contributed by atoms with Gasteiger partial charge in [-0.25, -0.2) is 13.6 Å². The molecule has 0 radical (unpaired) electrons. The molecule has 0 amide bonds. The highest BCUT2D eigenvalue weighted by Gasteiger charge is 2.51. The van der Waals surface area contributed by atoms with Gasteiger partial charge in [-0.2, -0.15) is 8.78 Å². The molecule has 0 aliphatic carbocycles. The van der Waals surface area contributed by atoms with E-state index in [0.717, 1.165) is 5.56 Å². The Hall–Kier alpha value is -3.16. The summed E-state index contributed by atoms with van der Waals surface area (Å²) in [6, 6.07) is 12.3. The van der Waals surface area contributed by atoms with Crippen molar-refractivity contribution in [3.8, 4) is 11.5 Å². The zero-order valence-electron chi connectivity index (χ0n) is 16.1. The van der Waals surface area contributed by atoms with Crippen LogP contribution in [0.3, 0.4) is 0 Å². The molecule has 0 spiro atoms. The van der Waals surface area contributed by atoms with Gasteiger partial charge in [-0.1, -0.05) is 18.2 Å². The van der Waals surface area contributed by atoms with E-state index in [1.807, 2.05) is 0 Å². The number of alkyl halides is 4. The second-order valence-corrected chi connectivity index (χ2v) is 6.52. The first-order valence-corrected chi connectivity index (χ1v) is 9.05. The fraction of sp³-hybridized carbons (Fsp3) is 0.273. The van der Waals surface area contributed by atoms with Gasteiger partial charge in [0, 0.05) is 13.3 Å². The molecule has 0 saturated carbocycles. The van der Waals surface area contributed by atoms with E-state index < -0.39 is 24.2 Å². The molecule has 160 valence electrons. The van der Waals surface area contributed by atoms with Crippen molar-refractivity contribution in [1.29, 1.82) is 0 Å². The Morgan fingerprint density at radius 1 is 0.967 bits per heavy atom. The number of esters is 1. The van der Waals surface area contributed by atoms with Crippen LogP contribution in [0.4, 0.5) is 17.6 Å². The lowest BCUT2D eigenvalue weighted by atomic mass is 10.1. The van der Waals surface area contributed by atoms with E-state index in [1.165, 1.54) is 30.3 Å². The summed E-state index contributed by atoms with van der Waals surface area (Å²) >= 11 is 0. The van der Waals surface area contributed by atoms with Gasteiger partial charge in [-0.3, -0.25) is 4.79 Å². The Morgan fingerprint density at radius 3 is 2.13 bits per heavy atom. The van der Waals surface area contributed by atoms with Crippen molar-refractivity contribution in [3.05, 3.63) is 65.7 Å². The van der Waals surface area contributed by atoms with Gasteiger partial charge in [-0.05, 0) is 54.5 Å². The number of halogens is 4. The zero-order valence-corrected chi connectivity index (χ0v) is 16.1. The summed E-state index contributed by atoms with van der Waals surface area (Å²) in [6.45, 7) is 0.0191. The quantitative estimate of drug-likeness (QED) is 0.125. The molecular formula is C22H20F4O4. The van der Waals surface area contributed by atoms with Crippen LogP contribution >= 0.6 is 0 Å². The number of allylic oxidation sites excluding steroid dienone is 1. The van der Waals surface area contributed by atoms with Gasteiger partial charge in [0.05, 0.1) is 12.2 Å². The van der Waals surface area contributed by atoms with E-state index in [2.05, 4.69) is 0 Å². The van der Waals surface area contributed by atoms with E-state index in [9.17, 15) is 27.2 Å². The summed E-state index contributed by atoms with van der Waals surface area (Å²) in [5.74, 6) is -8.15. The van der Waals surface area contributed by atoms with Gasteiger partial charge in [0.15, 0.2) is 0 Å². The van der Waals surface area contributed by atoms with Crippen LogP contribution in [-0.4, -0.2) is 30.7 Å². The molecule has 4 nitrogen and oxygen atoms in total. The van der Waals surface area contributed by atoms with Gasteiger partial charge in [0.25, 0.3) is 0 Å². The molecule has 0 aromatic heterocycles. The van der Waals surface area contributed by atoms with Crippen molar-refractivity contribution in [3.63, 3.8) is 0 Å². The van der Waals surface area contributed by atoms with Crippen LogP contribution in [0.5, 0.6) is 11.5 Å². The molecule has 8 heteroatoms. The van der Waals surface area contributed by atoms with Crippen molar-refractivity contribution in [2.75, 3.05) is 6.61 Å². The molecular weight excluding hydrogens is 404 g/mol. The Bertz CT molecular complexity index is 870. The van der Waals surface area contributed by atoms with Gasteiger partial charge >= 0.3 is 17.8 Å². The van der Waals surface area contributed by atoms with Crippen molar-refractivity contribution < 1.29 is 36.6 Å². The number of ether oxygens (including phenoxy) is 2. The number of hydrogen-bond acceptors (Lipinski definition) is 4. The summed E-state index contributed by atoms with van der Waals surface area (Å²) in [5.41, 5.74) is 1.01. The molecule has 0 aliphatic rings. The smallest absolute Gasteiger partial charge is 0.343 e. The molecule has 30 heavy (non-hydrogen) atoms. The average molecular weight is 424 g/mol. The van der Waals surface area contributed by atoms with E-state index in [1.54, 1.807) is 30.3 Å². The first kappa shape index (κ1) is 23.1. The third kappa shape index (κ3) is 6.72. The third-order valence-corrected chi connectivity index (χ3v) is 4.09. The molecule has 0 bridgehead atoms. The van der Waals surface area contributed by atoms with Crippen LogP contribution in [-0.2, 0) is 4.79 Å². The van der Waals surface area contributed by atoms with Crippen molar-refractivity contribution in [1.82, 2.24) is 0 Å². The summed E-state index contributed by atoms with van der Waals surface area (Å²) in [5, 5.41) is 0. The zero-order chi connectivity index (χ0) is 22.2. The molecule has 2 aromatic rings. The minimum Gasteiger partial charge on any atom is -0.494 e. The number of aldehydes is 1. The minimum absolute atomic E-state index is 0.166. The molecule has 2 rings (SSSR count). The maximum absolute atomic E-state index is 13.2. The Balaban J connectivity index is 1.84. The second kappa shape index (κ2) is 10.0. The number of benzene rings is 2. The van der Waals surface area contributed by atoms with E-state index >= 15 is 0 Å². The SMILES string of the molecule is CC(F)(F)C(F)(F)CCCOc1ccc(C(=O)Oc2ccc(/C=C/C=O)cc2)cc1. The lowest BCUT2D eigenvalue weighted by molar-refractivity contribution is -0.201. The topological polar surface area (TPSA) is 52.6 Å². The highest BCUT2D eigenvalue weighted by Crippen LogP contribution is 2.37. The standard InChI is InChI=1S/C22H20F4O4/c1-21(23,24)22(25,26)13-3-15-29-18-11-7-17(8-12-18)20(28)30-19-9-5-16(6-10-19)4-2-14-27/h2,4-12,14H,3,13,15H2,1H3/b4-2+.